The van der Waals surface area contributed by atoms with E-state index >= 15 is 0 Å². The van der Waals surface area contributed by atoms with E-state index in [1.54, 1.807) is 55.6 Å². The second kappa shape index (κ2) is 8.64. The molecule has 0 saturated heterocycles. The van der Waals surface area contributed by atoms with Crippen molar-refractivity contribution >= 4 is 33.3 Å². The van der Waals surface area contributed by atoms with E-state index in [-0.39, 0.29) is 17.0 Å². The highest BCUT2D eigenvalue weighted by Crippen LogP contribution is 2.25. The molecule has 1 amide bonds. The molecule has 0 aliphatic rings. The summed E-state index contributed by atoms with van der Waals surface area (Å²) in [5.41, 5.74) is 4.14. The lowest BCUT2D eigenvalue weighted by Crippen LogP contribution is -2.28. The maximum absolute atomic E-state index is 13.0. The van der Waals surface area contributed by atoms with E-state index in [0.29, 0.717) is 22.4 Å². The van der Waals surface area contributed by atoms with Crippen LogP contribution in [0.1, 0.15) is 21.5 Å². The Morgan fingerprint density at radius 2 is 1.50 bits per heavy atom. The van der Waals surface area contributed by atoms with Gasteiger partial charge in [0.15, 0.2) is 5.78 Å². The number of carbonyl (C=O) groups is 2. The first kappa shape index (κ1) is 19.5. The molecule has 0 spiro atoms. The first-order valence-electron chi connectivity index (χ1n) is 8.62. The molecular weight excluding hydrogens is 416 g/mol. The quantitative estimate of drug-likeness (QED) is 0.429. The van der Waals surface area contributed by atoms with Crippen LogP contribution >= 0.6 is 15.9 Å². The number of hydrogen-bond acceptors (Lipinski definition) is 3. The number of anilines is 1. The summed E-state index contributed by atoms with van der Waals surface area (Å²) in [7, 11) is 1.66. The maximum atomic E-state index is 13.0. The Bertz CT molecular complexity index is 1050. The van der Waals surface area contributed by atoms with Gasteiger partial charge in [-0.3, -0.25) is 9.59 Å². The topological polar surface area (TPSA) is 61.2 Å². The van der Waals surface area contributed by atoms with E-state index in [9.17, 15) is 9.59 Å². The van der Waals surface area contributed by atoms with Crippen molar-refractivity contribution < 1.29 is 9.59 Å². The highest BCUT2D eigenvalue weighted by Gasteiger charge is 2.18. The summed E-state index contributed by atoms with van der Waals surface area (Å²) < 4.78 is 0. The van der Waals surface area contributed by atoms with Crippen LogP contribution in [0.5, 0.6) is 0 Å². The summed E-state index contributed by atoms with van der Waals surface area (Å²) in [6.45, 7) is 0. The van der Waals surface area contributed by atoms with Gasteiger partial charge in [-0.25, -0.2) is 0 Å². The average molecular weight is 433 g/mol. The van der Waals surface area contributed by atoms with Gasteiger partial charge in [-0.2, -0.15) is 5.26 Å². The highest BCUT2D eigenvalue weighted by molar-refractivity contribution is 9.09. The molecule has 0 unspecified atom stereocenters. The predicted octanol–water partition coefficient (Wildman–Crippen LogP) is 4.81. The van der Waals surface area contributed by atoms with Crippen LogP contribution in [-0.2, 0) is 4.79 Å². The molecule has 0 aliphatic carbocycles. The molecule has 0 saturated carbocycles. The number of carbonyl (C=O) groups excluding carboxylic acids is 2. The Morgan fingerprint density at radius 3 is 2.07 bits per heavy atom. The van der Waals surface area contributed by atoms with E-state index < -0.39 is 0 Å². The summed E-state index contributed by atoms with van der Waals surface area (Å²) in [4.78, 5) is 26.5. The standard InChI is InChI=1S/C23H17BrN2O2/c1-26(22(27)14-24)21-5-3-2-4-20(21)23(28)19-12-10-18(11-13-19)17-8-6-16(15-25)7-9-17/h2-13H,14H2,1H3. The number of ketones is 1. The molecule has 0 atom stereocenters. The number of alkyl halides is 1. The van der Waals surface area contributed by atoms with E-state index in [1.165, 1.54) is 4.90 Å². The zero-order valence-corrected chi connectivity index (χ0v) is 16.8. The molecule has 5 heteroatoms. The van der Waals surface area contributed by atoms with Gasteiger partial charge in [0.05, 0.1) is 22.7 Å². The van der Waals surface area contributed by atoms with E-state index in [1.807, 2.05) is 24.3 Å². The van der Waals surface area contributed by atoms with Crippen LogP contribution in [0, 0.1) is 11.3 Å². The van der Waals surface area contributed by atoms with E-state index in [4.69, 9.17) is 5.26 Å². The molecule has 0 aromatic heterocycles. The van der Waals surface area contributed by atoms with Crippen molar-refractivity contribution in [2.75, 3.05) is 17.3 Å². The normalized spacial score (nSPS) is 10.2. The molecule has 4 nitrogen and oxygen atoms in total. The van der Waals surface area contributed by atoms with Crippen LogP contribution in [0.15, 0.2) is 72.8 Å². The number of benzene rings is 3. The molecule has 0 N–H and O–H groups in total. The molecule has 0 radical (unpaired) electrons. The second-order valence-corrected chi connectivity index (χ2v) is 6.76. The van der Waals surface area contributed by atoms with Crippen molar-refractivity contribution in [3.63, 3.8) is 0 Å². The SMILES string of the molecule is CN(C(=O)CBr)c1ccccc1C(=O)c1ccc(-c2ccc(C#N)cc2)cc1. The van der Waals surface area contributed by atoms with Gasteiger partial charge < -0.3 is 4.90 Å². The first-order valence-corrected chi connectivity index (χ1v) is 9.74. The highest BCUT2D eigenvalue weighted by atomic mass is 79.9. The molecule has 3 aromatic carbocycles. The lowest BCUT2D eigenvalue weighted by atomic mass is 9.98. The monoisotopic (exact) mass is 432 g/mol. The maximum Gasteiger partial charge on any atom is 0.237 e. The Kier molecular flexibility index (Phi) is 6.03. The molecule has 138 valence electrons. The molecule has 0 heterocycles. The summed E-state index contributed by atoms with van der Waals surface area (Å²) >= 11 is 3.16. The first-order chi connectivity index (χ1) is 13.5. The van der Waals surface area contributed by atoms with Gasteiger partial charge in [-0.15, -0.1) is 0 Å². The number of nitrogens with zero attached hydrogens (tertiary/aromatic N) is 2. The lowest BCUT2D eigenvalue weighted by molar-refractivity contribution is -0.115. The largest absolute Gasteiger partial charge is 0.314 e. The minimum Gasteiger partial charge on any atom is -0.314 e. The Morgan fingerprint density at radius 1 is 0.929 bits per heavy atom. The molecule has 0 aliphatic heterocycles. The Balaban J connectivity index is 1.90. The summed E-state index contributed by atoms with van der Waals surface area (Å²) in [5.74, 6) is -0.271. The third-order valence-electron chi connectivity index (χ3n) is 4.49. The van der Waals surface area contributed by atoms with Gasteiger partial charge in [-0.1, -0.05) is 64.5 Å². The van der Waals surface area contributed by atoms with Crippen molar-refractivity contribution in [1.29, 1.82) is 5.26 Å². The van der Waals surface area contributed by atoms with Gasteiger partial charge in [0, 0.05) is 18.2 Å². The Labute approximate surface area is 172 Å². The number of halogens is 1. The van der Waals surface area contributed by atoms with Crippen molar-refractivity contribution in [2.24, 2.45) is 0 Å². The van der Waals surface area contributed by atoms with Crippen LogP contribution in [0.25, 0.3) is 11.1 Å². The fourth-order valence-corrected chi connectivity index (χ4v) is 3.27. The third-order valence-corrected chi connectivity index (χ3v) is 4.97. The smallest absolute Gasteiger partial charge is 0.237 e. The molecule has 3 rings (SSSR count). The van der Waals surface area contributed by atoms with Crippen LogP contribution in [-0.4, -0.2) is 24.1 Å². The number of rotatable bonds is 5. The minimum atomic E-state index is -0.142. The fourth-order valence-electron chi connectivity index (χ4n) is 2.89. The molecule has 28 heavy (non-hydrogen) atoms. The van der Waals surface area contributed by atoms with Gasteiger partial charge in [0.1, 0.15) is 0 Å². The number of hydrogen-bond donors (Lipinski definition) is 0. The van der Waals surface area contributed by atoms with Gasteiger partial charge in [0.25, 0.3) is 0 Å². The van der Waals surface area contributed by atoms with Crippen LogP contribution in [0.2, 0.25) is 0 Å². The fraction of sp³-hybridized carbons (Fsp3) is 0.0870. The van der Waals surface area contributed by atoms with Crippen molar-refractivity contribution in [2.45, 2.75) is 0 Å². The summed E-state index contributed by atoms with van der Waals surface area (Å²) in [6.07, 6.45) is 0. The van der Waals surface area contributed by atoms with Crippen molar-refractivity contribution in [3.05, 3.63) is 89.5 Å². The predicted molar refractivity (Wildman–Crippen MR) is 114 cm³/mol. The van der Waals surface area contributed by atoms with E-state index in [2.05, 4.69) is 22.0 Å². The van der Waals surface area contributed by atoms with Crippen molar-refractivity contribution in [1.82, 2.24) is 0 Å². The number of nitriles is 1. The molecule has 0 bridgehead atoms. The van der Waals surface area contributed by atoms with Crippen LogP contribution in [0.3, 0.4) is 0 Å². The second-order valence-electron chi connectivity index (χ2n) is 6.20. The third kappa shape index (κ3) is 4.03. The number of amides is 1. The van der Waals surface area contributed by atoms with Crippen LogP contribution in [0.4, 0.5) is 5.69 Å². The summed E-state index contributed by atoms with van der Waals surface area (Å²) in [5, 5.41) is 9.09. The van der Waals surface area contributed by atoms with E-state index in [0.717, 1.165) is 11.1 Å². The zero-order chi connectivity index (χ0) is 20.1. The lowest BCUT2D eigenvalue weighted by Gasteiger charge is -2.19. The van der Waals surface area contributed by atoms with Gasteiger partial charge in [-0.05, 0) is 35.4 Å². The molecular formula is C23H17BrN2O2. The molecule has 3 aromatic rings. The molecule has 0 fully saturated rings. The number of para-hydroxylation sites is 1. The van der Waals surface area contributed by atoms with Crippen molar-refractivity contribution in [3.8, 4) is 17.2 Å². The van der Waals surface area contributed by atoms with Crippen LogP contribution < -0.4 is 4.90 Å². The van der Waals surface area contributed by atoms with Gasteiger partial charge in [0.2, 0.25) is 5.91 Å². The minimum absolute atomic E-state index is 0.128. The average Bonchev–Trinajstić information content (AvgIpc) is 2.77. The van der Waals surface area contributed by atoms with Gasteiger partial charge >= 0.3 is 0 Å². The Hall–Kier alpha value is -3.23. The zero-order valence-electron chi connectivity index (χ0n) is 15.2. The summed E-state index contributed by atoms with van der Waals surface area (Å²) in [6, 6.07) is 23.8.